The highest BCUT2D eigenvalue weighted by molar-refractivity contribution is 7.20. The molecule has 0 spiro atoms. The van der Waals surface area contributed by atoms with Crippen molar-refractivity contribution in [2.24, 2.45) is 0 Å². The number of rotatable bonds is 3. The van der Waals surface area contributed by atoms with E-state index in [-0.39, 0.29) is 11.8 Å². The molecule has 1 aliphatic heterocycles. The second-order valence-electron chi connectivity index (χ2n) is 6.14. The molecule has 2 amide bonds. The molecular weight excluding hydrogens is 332 g/mol. The summed E-state index contributed by atoms with van der Waals surface area (Å²) in [6.07, 6.45) is 1.55. The van der Waals surface area contributed by atoms with Crippen molar-refractivity contribution in [2.75, 3.05) is 11.4 Å². The average Bonchev–Trinajstić information content (AvgIpc) is 3.08. The molecule has 4 nitrogen and oxygen atoms in total. The first kappa shape index (κ1) is 15.8. The van der Waals surface area contributed by atoms with Crippen LogP contribution < -0.4 is 10.2 Å². The van der Waals surface area contributed by atoms with E-state index in [4.69, 9.17) is 0 Å². The third-order valence-corrected chi connectivity index (χ3v) is 5.58. The maximum absolute atomic E-state index is 12.8. The summed E-state index contributed by atoms with van der Waals surface area (Å²) in [5.41, 5.74) is 0.883. The van der Waals surface area contributed by atoms with Crippen LogP contribution in [0.4, 0.5) is 5.69 Å². The van der Waals surface area contributed by atoms with E-state index >= 15 is 0 Å². The Labute approximate surface area is 150 Å². The number of para-hydroxylation sites is 1. The van der Waals surface area contributed by atoms with Crippen LogP contribution in [0.3, 0.4) is 0 Å². The molecule has 1 aliphatic rings. The van der Waals surface area contributed by atoms with Crippen molar-refractivity contribution in [1.29, 1.82) is 0 Å². The highest BCUT2D eigenvalue weighted by Gasteiger charge is 2.31. The molecule has 1 fully saturated rings. The van der Waals surface area contributed by atoms with Crippen LogP contribution in [0.5, 0.6) is 0 Å². The van der Waals surface area contributed by atoms with Crippen molar-refractivity contribution >= 4 is 38.9 Å². The molecule has 3 aromatic rings. The van der Waals surface area contributed by atoms with Crippen molar-refractivity contribution in [1.82, 2.24) is 5.32 Å². The number of hydrogen-bond donors (Lipinski definition) is 1. The minimum absolute atomic E-state index is 0.0353. The molecule has 2 aromatic carbocycles. The second-order valence-corrected chi connectivity index (χ2v) is 7.23. The van der Waals surface area contributed by atoms with Crippen molar-refractivity contribution in [3.05, 3.63) is 65.5 Å². The Morgan fingerprint density at radius 3 is 2.64 bits per heavy atom. The number of nitrogens with one attached hydrogen (secondary N) is 1. The number of piperidine rings is 1. The molecule has 0 bridgehead atoms. The highest BCUT2D eigenvalue weighted by atomic mass is 32.1. The molecule has 1 aromatic heterocycles. The molecule has 5 heteroatoms. The molecule has 1 N–H and O–H groups in total. The quantitative estimate of drug-likeness (QED) is 0.780. The van der Waals surface area contributed by atoms with Crippen LogP contribution in [0.1, 0.15) is 22.5 Å². The lowest BCUT2D eigenvalue weighted by molar-refractivity contribution is -0.121. The van der Waals surface area contributed by atoms with Crippen LogP contribution in [0, 0.1) is 0 Å². The Morgan fingerprint density at radius 1 is 1.08 bits per heavy atom. The minimum Gasteiger partial charge on any atom is -0.340 e. The summed E-state index contributed by atoms with van der Waals surface area (Å²) >= 11 is 1.46. The summed E-state index contributed by atoms with van der Waals surface area (Å²) in [6, 6.07) is 18.9. The molecule has 126 valence electrons. The van der Waals surface area contributed by atoms with Gasteiger partial charge < -0.3 is 10.2 Å². The Balaban J connectivity index is 1.51. The zero-order chi connectivity index (χ0) is 17.2. The van der Waals surface area contributed by atoms with Gasteiger partial charge in [-0.1, -0.05) is 36.4 Å². The molecule has 1 unspecified atom stereocenters. The summed E-state index contributed by atoms with van der Waals surface area (Å²) in [5, 5.41) is 3.98. The Morgan fingerprint density at radius 2 is 1.84 bits per heavy atom. The maximum atomic E-state index is 12.8. The predicted octanol–water partition coefficient (Wildman–Crippen LogP) is 3.83. The van der Waals surface area contributed by atoms with Crippen molar-refractivity contribution in [2.45, 2.75) is 18.9 Å². The SMILES string of the molecule is O=C(NC1CCCN(c2ccccc2)C1=O)c1cc2ccccc2s1. The molecule has 1 atom stereocenters. The zero-order valence-electron chi connectivity index (χ0n) is 13.6. The van der Waals surface area contributed by atoms with Crippen LogP contribution in [-0.2, 0) is 4.79 Å². The number of fused-ring (bicyclic) bond motifs is 1. The number of anilines is 1. The molecule has 2 heterocycles. The number of amides is 2. The number of carbonyl (C=O) groups excluding carboxylic acids is 2. The molecular formula is C20H18N2O2S. The number of carbonyl (C=O) groups is 2. The van der Waals surface area contributed by atoms with Gasteiger partial charge in [-0.15, -0.1) is 11.3 Å². The minimum atomic E-state index is -0.466. The summed E-state index contributed by atoms with van der Waals surface area (Å²) in [7, 11) is 0. The highest BCUT2D eigenvalue weighted by Crippen LogP contribution is 2.26. The lowest BCUT2D eigenvalue weighted by Gasteiger charge is -2.32. The van der Waals surface area contributed by atoms with Gasteiger partial charge in [0.1, 0.15) is 6.04 Å². The first-order valence-corrected chi connectivity index (χ1v) is 9.20. The summed E-state index contributed by atoms with van der Waals surface area (Å²) in [4.78, 5) is 27.8. The Kier molecular flexibility index (Phi) is 4.24. The zero-order valence-corrected chi connectivity index (χ0v) is 14.5. The number of benzene rings is 2. The monoisotopic (exact) mass is 350 g/mol. The number of nitrogens with zero attached hydrogens (tertiary/aromatic N) is 1. The van der Waals surface area contributed by atoms with E-state index in [0.29, 0.717) is 17.8 Å². The fraction of sp³-hybridized carbons (Fsp3) is 0.200. The Hall–Kier alpha value is -2.66. The molecule has 0 radical (unpaired) electrons. The fourth-order valence-electron chi connectivity index (χ4n) is 3.20. The van der Waals surface area contributed by atoms with Crippen LogP contribution in [-0.4, -0.2) is 24.4 Å². The van der Waals surface area contributed by atoms with Gasteiger partial charge in [0.25, 0.3) is 5.91 Å². The normalized spacial score (nSPS) is 17.7. The first-order chi connectivity index (χ1) is 12.2. The summed E-state index contributed by atoms with van der Waals surface area (Å²) in [5.74, 6) is -0.207. The van der Waals surface area contributed by atoms with Gasteiger partial charge in [-0.05, 0) is 42.5 Å². The number of hydrogen-bond acceptors (Lipinski definition) is 3. The van der Waals surface area contributed by atoms with Crippen LogP contribution >= 0.6 is 11.3 Å². The van der Waals surface area contributed by atoms with E-state index in [1.807, 2.05) is 60.7 Å². The lowest BCUT2D eigenvalue weighted by atomic mass is 10.0. The van der Waals surface area contributed by atoms with Gasteiger partial charge >= 0.3 is 0 Å². The van der Waals surface area contributed by atoms with E-state index in [2.05, 4.69) is 5.32 Å². The van der Waals surface area contributed by atoms with Gasteiger partial charge in [0.15, 0.2) is 0 Å². The van der Waals surface area contributed by atoms with Crippen LogP contribution in [0.2, 0.25) is 0 Å². The van der Waals surface area contributed by atoms with E-state index in [1.165, 1.54) is 11.3 Å². The van der Waals surface area contributed by atoms with Crippen molar-refractivity contribution in [3.63, 3.8) is 0 Å². The van der Waals surface area contributed by atoms with Crippen LogP contribution in [0.25, 0.3) is 10.1 Å². The fourth-order valence-corrected chi connectivity index (χ4v) is 4.16. The number of thiophene rings is 1. The van der Waals surface area contributed by atoms with Gasteiger partial charge in [0.05, 0.1) is 4.88 Å². The predicted molar refractivity (Wildman–Crippen MR) is 101 cm³/mol. The van der Waals surface area contributed by atoms with E-state index in [1.54, 1.807) is 4.90 Å². The Bertz CT molecular complexity index is 887. The van der Waals surface area contributed by atoms with Gasteiger partial charge in [0.2, 0.25) is 5.91 Å². The molecule has 4 rings (SSSR count). The van der Waals surface area contributed by atoms with Gasteiger partial charge in [0, 0.05) is 16.9 Å². The summed E-state index contributed by atoms with van der Waals surface area (Å²) in [6.45, 7) is 0.693. The largest absolute Gasteiger partial charge is 0.340 e. The van der Waals surface area contributed by atoms with Gasteiger partial charge in [-0.25, -0.2) is 0 Å². The third kappa shape index (κ3) is 3.15. The standard InChI is InChI=1S/C20H18N2O2S/c23-19(18-13-14-7-4-5-11-17(14)25-18)21-16-10-6-12-22(20(16)24)15-8-2-1-3-9-15/h1-5,7-9,11,13,16H,6,10,12H2,(H,21,23). The van der Waals surface area contributed by atoms with E-state index < -0.39 is 6.04 Å². The smallest absolute Gasteiger partial charge is 0.262 e. The van der Waals surface area contributed by atoms with Crippen molar-refractivity contribution < 1.29 is 9.59 Å². The average molecular weight is 350 g/mol. The van der Waals surface area contributed by atoms with Crippen LogP contribution in [0.15, 0.2) is 60.7 Å². The van der Waals surface area contributed by atoms with Gasteiger partial charge in [-0.3, -0.25) is 9.59 Å². The van der Waals surface area contributed by atoms with E-state index in [9.17, 15) is 9.59 Å². The third-order valence-electron chi connectivity index (χ3n) is 4.46. The van der Waals surface area contributed by atoms with E-state index in [0.717, 1.165) is 22.2 Å². The van der Waals surface area contributed by atoms with Gasteiger partial charge in [-0.2, -0.15) is 0 Å². The molecule has 0 aliphatic carbocycles. The topological polar surface area (TPSA) is 49.4 Å². The first-order valence-electron chi connectivity index (χ1n) is 8.38. The molecule has 25 heavy (non-hydrogen) atoms. The maximum Gasteiger partial charge on any atom is 0.262 e. The second kappa shape index (κ2) is 6.69. The van der Waals surface area contributed by atoms with Crippen molar-refractivity contribution in [3.8, 4) is 0 Å². The molecule has 0 saturated carbocycles. The molecule has 1 saturated heterocycles. The lowest BCUT2D eigenvalue weighted by Crippen LogP contribution is -2.52. The summed E-state index contributed by atoms with van der Waals surface area (Å²) < 4.78 is 1.08.